The molecule has 0 saturated heterocycles. The van der Waals surface area contributed by atoms with Gasteiger partial charge in [0.15, 0.2) is 5.69 Å². The first kappa shape index (κ1) is 15.6. The average molecular weight is 328 g/mol. The molecule has 0 aliphatic heterocycles. The molecule has 0 radical (unpaired) electrons. The van der Waals surface area contributed by atoms with Crippen molar-refractivity contribution in [3.05, 3.63) is 83.3 Å². The zero-order chi connectivity index (χ0) is 17.6. The van der Waals surface area contributed by atoms with E-state index >= 15 is 0 Å². The van der Waals surface area contributed by atoms with Crippen LogP contribution in [0.3, 0.4) is 0 Å². The van der Waals surface area contributed by atoms with Gasteiger partial charge in [-0.2, -0.15) is 9.67 Å². The van der Waals surface area contributed by atoms with E-state index in [-0.39, 0.29) is 0 Å². The average Bonchev–Trinajstić information content (AvgIpc) is 3.10. The van der Waals surface area contributed by atoms with E-state index in [2.05, 4.69) is 79.8 Å². The molecule has 0 aliphatic carbocycles. The van der Waals surface area contributed by atoms with E-state index in [9.17, 15) is 0 Å². The summed E-state index contributed by atoms with van der Waals surface area (Å²) in [5.74, 6) is 0. The van der Waals surface area contributed by atoms with Gasteiger partial charge >= 0.3 is 0 Å². The number of hydrogen-bond acceptors (Lipinski definition) is 1. The number of pyridine rings is 1. The van der Waals surface area contributed by atoms with Crippen molar-refractivity contribution in [3.8, 4) is 11.4 Å². The van der Waals surface area contributed by atoms with Crippen molar-refractivity contribution in [2.45, 2.75) is 27.7 Å². The Labute approximate surface area is 148 Å². The van der Waals surface area contributed by atoms with Gasteiger partial charge in [-0.25, -0.2) is 4.68 Å². The summed E-state index contributed by atoms with van der Waals surface area (Å²) < 4.78 is 4.33. The largest absolute Gasteiger partial charge is 0.240 e. The monoisotopic (exact) mass is 328 g/mol. The lowest BCUT2D eigenvalue weighted by Gasteiger charge is -2.15. The van der Waals surface area contributed by atoms with Gasteiger partial charge < -0.3 is 0 Å². The molecule has 2 aromatic carbocycles. The fourth-order valence-corrected chi connectivity index (χ4v) is 3.87. The second kappa shape index (κ2) is 5.85. The second-order valence-corrected chi connectivity index (χ2v) is 6.65. The molecular formula is C22H22N3+. The Hall–Kier alpha value is -2.94. The molecule has 0 atom stereocenters. The number of aryl methyl sites for hydroxylation is 3. The van der Waals surface area contributed by atoms with Gasteiger partial charge in [-0.3, -0.25) is 0 Å². The highest BCUT2D eigenvalue weighted by Crippen LogP contribution is 2.27. The van der Waals surface area contributed by atoms with Crippen molar-refractivity contribution in [2.24, 2.45) is 0 Å². The zero-order valence-corrected chi connectivity index (χ0v) is 15.1. The van der Waals surface area contributed by atoms with Gasteiger partial charge in [0.05, 0.1) is 5.69 Å². The van der Waals surface area contributed by atoms with Gasteiger partial charge in [0, 0.05) is 48.0 Å². The molecule has 3 nitrogen and oxygen atoms in total. The van der Waals surface area contributed by atoms with Crippen LogP contribution in [0, 0.1) is 27.7 Å². The SMILES string of the molecule is Cc1cc(C)c(-[n+]2c(C)ccc3ccccc32)c(C)c1-n1cccn1. The Balaban J connectivity index is 2.11. The fraction of sp³-hybridized carbons (Fsp3) is 0.182. The van der Waals surface area contributed by atoms with Crippen molar-refractivity contribution in [1.82, 2.24) is 9.78 Å². The van der Waals surface area contributed by atoms with E-state index in [1.807, 2.05) is 23.1 Å². The van der Waals surface area contributed by atoms with Crippen molar-refractivity contribution in [1.29, 1.82) is 0 Å². The van der Waals surface area contributed by atoms with Gasteiger partial charge in [0.1, 0.15) is 0 Å². The molecule has 0 aliphatic rings. The molecular weight excluding hydrogens is 306 g/mol. The van der Waals surface area contributed by atoms with Crippen LogP contribution in [0.5, 0.6) is 0 Å². The highest BCUT2D eigenvalue weighted by Gasteiger charge is 2.24. The number of benzene rings is 2. The van der Waals surface area contributed by atoms with Crippen LogP contribution in [0.1, 0.15) is 22.4 Å². The zero-order valence-electron chi connectivity index (χ0n) is 15.1. The summed E-state index contributed by atoms with van der Waals surface area (Å²) in [6, 6.07) is 17.1. The minimum absolute atomic E-state index is 1.16. The maximum absolute atomic E-state index is 4.46. The van der Waals surface area contributed by atoms with Crippen molar-refractivity contribution in [3.63, 3.8) is 0 Å². The summed E-state index contributed by atoms with van der Waals surface area (Å²) in [7, 11) is 0. The van der Waals surface area contributed by atoms with Crippen LogP contribution in [0.25, 0.3) is 22.3 Å². The number of para-hydroxylation sites is 1. The Kier molecular flexibility index (Phi) is 3.65. The number of aromatic nitrogens is 3. The van der Waals surface area contributed by atoms with Gasteiger partial charge in [-0.05, 0) is 50.6 Å². The van der Waals surface area contributed by atoms with E-state index in [0.717, 1.165) is 5.69 Å². The van der Waals surface area contributed by atoms with Gasteiger partial charge in [0.2, 0.25) is 11.2 Å². The molecule has 4 aromatic rings. The number of rotatable bonds is 2. The highest BCUT2D eigenvalue weighted by atomic mass is 15.3. The third-order valence-electron chi connectivity index (χ3n) is 4.88. The van der Waals surface area contributed by atoms with E-state index in [1.54, 1.807) is 0 Å². The third kappa shape index (κ3) is 2.43. The summed E-state index contributed by atoms with van der Waals surface area (Å²) in [5, 5.41) is 5.71. The first-order chi connectivity index (χ1) is 12.1. The van der Waals surface area contributed by atoms with E-state index < -0.39 is 0 Å². The summed E-state index contributed by atoms with van der Waals surface area (Å²) in [5.41, 5.74) is 8.60. The van der Waals surface area contributed by atoms with Crippen LogP contribution < -0.4 is 4.57 Å². The summed E-state index contributed by atoms with van der Waals surface area (Å²) in [6.07, 6.45) is 3.84. The summed E-state index contributed by atoms with van der Waals surface area (Å²) >= 11 is 0. The normalized spacial score (nSPS) is 11.2. The molecule has 2 heterocycles. The lowest BCUT2D eigenvalue weighted by Crippen LogP contribution is -2.37. The molecule has 3 heteroatoms. The van der Waals surface area contributed by atoms with E-state index in [4.69, 9.17) is 0 Å². The molecule has 0 fully saturated rings. The number of nitrogens with zero attached hydrogens (tertiary/aromatic N) is 3. The lowest BCUT2D eigenvalue weighted by atomic mass is 10.0. The first-order valence-electron chi connectivity index (χ1n) is 8.59. The van der Waals surface area contributed by atoms with E-state index in [1.165, 1.54) is 39.0 Å². The Morgan fingerprint density at radius 2 is 1.68 bits per heavy atom. The first-order valence-corrected chi connectivity index (χ1v) is 8.59. The Morgan fingerprint density at radius 3 is 2.44 bits per heavy atom. The maximum atomic E-state index is 4.46. The van der Waals surface area contributed by atoms with Crippen LogP contribution >= 0.6 is 0 Å². The van der Waals surface area contributed by atoms with Crippen molar-refractivity contribution < 1.29 is 4.57 Å². The highest BCUT2D eigenvalue weighted by molar-refractivity contribution is 5.76. The molecule has 0 saturated carbocycles. The smallest absolute Gasteiger partial charge is 0.219 e. The molecule has 0 bridgehead atoms. The fourth-order valence-electron chi connectivity index (χ4n) is 3.87. The molecule has 124 valence electrons. The minimum atomic E-state index is 1.16. The predicted octanol–water partition coefficient (Wildman–Crippen LogP) is 4.54. The van der Waals surface area contributed by atoms with E-state index in [0.29, 0.717) is 0 Å². The molecule has 4 rings (SSSR count). The van der Waals surface area contributed by atoms with Crippen LogP contribution in [0.4, 0.5) is 0 Å². The molecule has 25 heavy (non-hydrogen) atoms. The van der Waals surface area contributed by atoms with Crippen LogP contribution in [0.2, 0.25) is 0 Å². The quantitative estimate of drug-likeness (QED) is 0.495. The van der Waals surface area contributed by atoms with Gasteiger partial charge in [-0.1, -0.05) is 12.1 Å². The second-order valence-electron chi connectivity index (χ2n) is 6.65. The van der Waals surface area contributed by atoms with Gasteiger partial charge in [-0.15, -0.1) is 0 Å². The number of fused-ring (bicyclic) bond motifs is 1. The number of hydrogen-bond donors (Lipinski definition) is 0. The maximum Gasteiger partial charge on any atom is 0.219 e. The lowest BCUT2D eigenvalue weighted by molar-refractivity contribution is -0.575. The molecule has 0 spiro atoms. The van der Waals surface area contributed by atoms with Crippen molar-refractivity contribution in [2.75, 3.05) is 0 Å². The summed E-state index contributed by atoms with van der Waals surface area (Å²) in [4.78, 5) is 0. The van der Waals surface area contributed by atoms with Crippen molar-refractivity contribution >= 4 is 10.9 Å². The predicted molar refractivity (Wildman–Crippen MR) is 102 cm³/mol. The topological polar surface area (TPSA) is 21.7 Å². The van der Waals surface area contributed by atoms with Crippen LogP contribution in [-0.4, -0.2) is 9.78 Å². The summed E-state index contributed by atoms with van der Waals surface area (Å²) in [6.45, 7) is 8.71. The molecule has 0 unspecified atom stereocenters. The standard InChI is InChI=1S/C22H22N3/c1-15-14-16(2)22(18(4)21(15)24-13-7-12-23-24)25-17(3)10-11-19-8-5-6-9-20(19)25/h5-14H,1-4H3/q+1. The van der Waals surface area contributed by atoms with Crippen LogP contribution in [0.15, 0.2) is 60.9 Å². The van der Waals surface area contributed by atoms with Crippen LogP contribution in [-0.2, 0) is 0 Å². The van der Waals surface area contributed by atoms with Gasteiger partial charge in [0.25, 0.3) is 0 Å². The molecule has 0 amide bonds. The third-order valence-corrected chi connectivity index (χ3v) is 4.88. The molecule has 0 N–H and O–H groups in total. The minimum Gasteiger partial charge on any atom is -0.240 e. The Morgan fingerprint density at radius 1 is 0.880 bits per heavy atom. The Bertz CT molecular complexity index is 1080. The molecule has 2 aromatic heterocycles.